The average molecular weight is 425 g/mol. The van der Waals surface area contributed by atoms with Crippen molar-refractivity contribution in [3.05, 3.63) is 46.3 Å². The Balaban J connectivity index is 1.47. The van der Waals surface area contributed by atoms with E-state index in [1.807, 2.05) is 0 Å². The molecule has 0 unspecified atom stereocenters. The molecule has 0 bridgehead atoms. The van der Waals surface area contributed by atoms with Crippen LogP contribution in [0.4, 0.5) is 4.39 Å². The summed E-state index contributed by atoms with van der Waals surface area (Å²) in [5, 5.41) is 4.29. The highest BCUT2D eigenvalue weighted by atomic mass is 35.5. The van der Waals surface area contributed by atoms with Gasteiger partial charge in [0.05, 0.1) is 19.2 Å². The van der Waals surface area contributed by atoms with E-state index in [0.717, 1.165) is 0 Å². The van der Waals surface area contributed by atoms with Gasteiger partial charge in [0.25, 0.3) is 5.91 Å². The molecule has 29 heavy (non-hydrogen) atoms. The Hall–Kier alpha value is -2.52. The van der Waals surface area contributed by atoms with Crippen molar-refractivity contribution < 1.29 is 23.2 Å². The van der Waals surface area contributed by atoms with Crippen LogP contribution in [0.25, 0.3) is 0 Å². The highest BCUT2D eigenvalue weighted by molar-refractivity contribution is 6.31. The number of ether oxygens (including phenoxy) is 1. The molecule has 1 aromatic carbocycles. The van der Waals surface area contributed by atoms with E-state index in [-0.39, 0.29) is 17.4 Å². The predicted molar refractivity (Wildman–Crippen MR) is 102 cm³/mol. The van der Waals surface area contributed by atoms with Gasteiger partial charge in [-0.1, -0.05) is 16.8 Å². The molecule has 0 aliphatic carbocycles. The van der Waals surface area contributed by atoms with Crippen LogP contribution in [0.5, 0.6) is 0 Å². The molecule has 0 atom stereocenters. The number of nitrogens with zero attached hydrogens (tertiary/aromatic N) is 4. The molecule has 3 rings (SSSR count). The Morgan fingerprint density at radius 1 is 1.28 bits per heavy atom. The molecule has 2 heterocycles. The minimum Gasteiger partial charge on any atom is -0.469 e. The first-order valence-electron chi connectivity index (χ1n) is 9.31. The molecule has 0 spiro atoms. The van der Waals surface area contributed by atoms with Gasteiger partial charge in [-0.3, -0.25) is 14.5 Å². The van der Waals surface area contributed by atoms with Crippen LogP contribution >= 0.6 is 11.6 Å². The summed E-state index contributed by atoms with van der Waals surface area (Å²) in [5.74, 6) is -0.173. The third kappa shape index (κ3) is 5.74. The lowest BCUT2D eigenvalue weighted by Crippen LogP contribution is -2.48. The average Bonchev–Trinajstić information content (AvgIpc) is 3.17. The van der Waals surface area contributed by atoms with Crippen LogP contribution < -0.4 is 0 Å². The van der Waals surface area contributed by atoms with Crippen LogP contribution in [0.2, 0.25) is 5.02 Å². The summed E-state index contributed by atoms with van der Waals surface area (Å²) in [6.07, 6.45) is 1.39. The standard InChI is InChI=1S/C19H22ClFN4O4/c1-28-18(26)4-2-3-17-22-16(23-29-17)12-24-7-9-25(10-8-24)19(27)14-11-13(20)5-6-15(14)21/h5-6,11H,2-4,7-10,12H2,1H3. The molecule has 1 amide bonds. The van der Waals surface area contributed by atoms with E-state index in [2.05, 4.69) is 19.8 Å². The second-order valence-electron chi connectivity index (χ2n) is 6.73. The number of halogens is 2. The Bertz CT molecular complexity index is 868. The molecule has 0 saturated carbocycles. The second-order valence-corrected chi connectivity index (χ2v) is 7.16. The zero-order chi connectivity index (χ0) is 20.8. The van der Waals surface area contributed by atoms with Crippen molar-refractivity contribution >= 4 is 23.5 Å². The number of aryl methyl sites for hydroxylation is 1. The van der Waals surface area contributed by atoms with Crippen molar-refractivity contribution in [2.24, 2.45) is 0 Å². The number of amides is 1. The van der Waals surface area contributed by atoms with Gasteiger partial charge in [0.1, 0.15) is 5.82 Å². The van der Waals surface area contributed by atoms with Gasteiger partial charge in [-0.25, -0.2) is 4.39 Å². The molecule has 1 fully saturated rings. The number of methoxy groups -OCH3 is 1. The van der Waals surface area contributed by atoms with Gasteiger partial charge in [-0.15, -0.1) is 0 Å². The van der Waals surface area contributed by atoms with E-state index >= 15 is 0 Å². The van der Waals surface area contributed by atoms with E-state index in [4.69, 9.17) is 16.1 Å². The Morgan fingerprint density at radius 3 is 2.76 bits per heavy atom. The SMILES string of the molecule is COC(=O)CCCc1nc(CN2CCN(C(=O)c3cc(Cl)ccc3F)CC2)no1. The van der Waals surface area contributed by atoms with Crippen molar-refractivity contribution in [2.75, 3.05) is 33.3 Å². The molecular weight excluding hydrogens is 403 g/mol. The Morgan fingerprint density at radius 2 is 2.03 bits per heavy atom. The minimum absolute atomic E-state index is 0.0132. The maximum absolute atomic E-state index is 13.9. The number of carbonyl (C=O) groups is 2. The van der Waals surface area contributed by atoms with Crippen LogP contribution in [0, 0.1) is 5.82 Å². The van der Waals surface area contributed by atoms with Crippen LogP contribution in [-0.2, 0) is 22.5 Å². The summed E-state index contributed by atoms with van der Waals surface area (Å²) >= 11 is 5.88. The summed E-state index contributed by atoms with van der Waals surface area (Å²) in [6, 6.07) is 3.97. The van der Waals surface area contributed by atoms with Crippen molar-refractivity contribution in [1.29, 1.82) is 0 Å². The number of esters is 1. The first kappa shape index (κ1) is 21.2. The number of hydrogen-bond acceptors (Lipinski definition) is 7. The van der Waals surface area contributed by atoms with Crippen LogP contribution in [0.15, 0.2) is 22.7 Å². The Kier molecular flexibility index (Phi) is 7.16. The molecule has 156 valence electrons. The van der Waals surface area contributed by atoms with Crippen LogP contribution in [-0.4, -0.2) is 65.1 Å². The van der Waals surface area contributed by atoms with Gasteiger partial charge in [0, 0.05) is 44.0 Å². The summed E-state index contributed by atoms with van der Waals surface area (Å²) < 4.78 is 23.7. The van der Waals surface area contributed by atoms with Gasteiger partial charge >= 0.3 is 5.97 Å². The fraction of sp³-hybridized carbons (Fsp3) is 0.474. The minimum atomic E-state index is -0.576. The lowest BCUT2D eigenvalue weighted by molar-refractivity contribution is -0.140. The van der Waals surface area contributed by atoms with E-state index in [1.54, 1.807) is 4.90 Å². The molecule has 1 aliphatic rings. The lowest BCUT2D eigenvalue weighted by Gasteiger charge is -2.34. The summed E-state index contributed by atoms with van der Waals surface area (Å²) in [5.41, 5.74) is -0.0132. The second kappa shape index (κ2) is 9.80. The molecule has 8 nitrogen and oxygen atoms in total. The van der Waals surface area contributed by atoms with Gasteiger partial charge in [0.15, 0.2) is 5.82 Å². The van der Waals surface area contributed by atoms with E-state index in [1.165, 1.54) is 25.3 Å². The van der Waals surface area contributed by atoms with Gasteiger partial charge in [0.2, 0.25) is 5.89 Å². The van der Waals surface area contributed by atoms with Gasteiger partial charge in [-0.05, 0) is 24.6 Å². The normalized spacial score (nSPS) is 14.8. The summed E-state index contributed by atoms with van der Waals surface area (Å²) in [6.45, 7) is 2.65. The fourth-order valence-corrected chi connectivity index (χ4v) is 3.25. The molecule has 1 saturated heterocycles. The molecule has 0 N–H and O–H groups in total. The third-order valence-electron chi connectivity index (χ3n) is 4.69. The van der Waals surface area contributed by atoms with Crippen molar-refractivity contribution in [2.45, 2.75) is 25.8 Å². The third-order valence-corrected chi connectivity index (χ3v) is 4.93. The molecule has 1 aromatic heterocycles. The predicted octanol–water partition coefficient (Wildman–Crippen LogP) is 2.32. The molecule has 0 radical (unpaired) electrons. The first-order valence-corrected chi connectivity index (χ1v) is 9.69. The number of piperazine rings is 1. The number of hydrogen-bond donors (Lipinski definition) is 0. The Labute approximate surface area is 172 Å². The highest BCUT2D eigenvalue weighted by Gasteiger charge is 2.25. The number of benzene rings is 1. The maximum Gasteiger partial charge on any atom is 0.305 e. The zero-order valence-electron chi connectivity index (χ0n) is 16.1. The molecule has 1 aliphatic heterocycles. The van der Waals surface area contributed by atoms with E-state index in [9.17, 15) is 14.0 Å². The largest absolute Gasteiger partial charge is 0.469 e. The van der Waals surface area contributed by atoms with Crippen LogP contribution in [0.3, 0.4) is 0 Å². The number of aromatic nitrogens is 2. The smallest absolute Gasteiger partial charge is 0.305 e. The highest BCUT2D eigenvalue weighted by Crippen LogP contribution is 2.18. The summed E-state index contributed by atoms with van der Waals surface area (Å²) in [7, 11) is 1.35. The fourth-order valence-electron chi connectivity index (χ4n) is 3.08. The van der Waals surface area contributed by atoms with Crippen molar-refractivity contribution in [1.82, 2.24) is 19.9 Å². The van der Waals surface area contributed by atoms with Crippen molar-refractivity contribution in [3.8, 4) is 0 Å². The van der Waals surface area contributed by atoms with Crippen molar-refractivity contribution in [3.63, 3.8) is 0 Å². The van der Waals surface area contributed by atoms with E-state index < -0.39 is 5.82 Å². The maximum atomic E-state index is 13.9. The molecular formula is C19H22ClFN4O4. The molecule has 10 heteroatoms. The number of carbonyl (C=O) groups excluding carboxylic acids is 2. The monoisotopic (exact) mass is 424 g/mol. The summed E-state index contributed by atoms with van der Waals surface area (Å²) in [4.78, 5) is 31.7. The number of rotatable bonds is 7. The van der Waals surface area contributed by atoms with Crippen LogP contribution in [0.1, 0.15) is 34.9 Å². The zero-order valence-corrected chi connectivity index (χ0v) is 16.8. The first-order chi connectivity index (χ1) is 14.0. The molecule has 2 aromatic rings. The van der Waals surface area contributed by atoms with Gasteiger partial charge in [-0.2, -0.15) is 4.98 Å². The van der Waals surface area contributed by atoms with Gasteiger partial charge < -0.3 is 14.2 Å². The quantitative estimate of drug-likeness (QED) is 0.630. The topological polar surface area (TPSA) is 88.8 Å². The van der Waals surface area contributed by atoms with E-state index in [0.29, 0.717) is 68.7 Å². The lowest BCUT2D eigenvalue weighted by atomic mass is 10.1.